The van der Waals surface area contributed by atoms with E-state index in [0.29, 0.717) is 22.0 Å². The Balaban J connectivity index is 3.04. The molecule has 1 rings (SSSR count). The first-order valence-electron chi connectivity index (χ1n) is 3.89. The average molecular weight is 217 g/mol. The van der Waals surface area contributed by atoms with Crippen LogP contribution in [0.2, 0.25) is 10.0 Å². The van der Waals surface area contributed by atoms with E-state index in [9.17, 15) is 5.11 Å². The van der Waals surface area contributed by atoms with Gasteiger partial charge in [-0.05, 0) is 18.6 Å². The first kappa shape index (κ1) is 10.6. The summed E-state index contributed by atoms with van der Waals surface area (Å²) in [5.41, 5.74) is 0.575. The Labute approximate surface area is 87.6 Å². The van der Waals surface area contributed by atoms with Crippen molar-refractivity contribution in [2.24, 2.45) is 0 Å². The van der Waals surface area contributed by atoms with Crippen LogP contribution < -0.4 is 0 Å². The van der Waals surface area contributed by atoms with E-state index in [-0.39, 0.29) is 0 Å². The second kappa shape index (κ2) is 4.66. The molecule has 0 aliphatic rings. The number of hydrogen-bond donors (Lipinski definition) is 1. The molecule has 0 aromatic heterocycles. The van der Waals surface area contributed by atoms with E-state index >= 15 is 0 Å². The number of benzene rings is 1. The van der Waals surface area contributed by atoms with Crippen molar-refractivity contribution in [3.8, 4) is 0 Å². The van der Waals surface area contributed by atoms with Crippen LogP contribution in [0.4, 0.5) is 0 Å². The lowest BCUT2D eigenvalue weighted by molar-refractivity contribution is 0.182. The fourth-order valence-electron chi connectivity index (χ4n) is 1.10. The van der Waals surface area contributed by atoms with Crippen LogP contribution in [0.25, 0.3) is 0 Å². The zero-order chi connectivity index (χ0) is 9.84. The predicted octanol–water partition coefficient (Wildman–Crippen LogP) is 3.60. The van der Waals surface area contributed by atoms with Crippen molar-refractivity contribution in [1.82, 2.24) is 0 Å². The molecular formula is C10H10Cl2O. The maximum atomic E-state index is 9.64. The highest BCUT2D eigenvalue weighted by Gasteiger charge is 2.13. The summed E-state index contributed by atoms with van der Waals surface area (Å²) in [4.78, 5) is 0. The van der Waals surface area contributed by atoms with Crippen molar-refractivity contribution >= 4 is 23.2 Å². The lowest BCUT2D eigenvalue weighted by Crippen LogP contribution is -1.97. The molecule has 0 saturated heterocycles. The minimum absolute atomic E-state index is 0.448. The highest BCUT2D eigenvalue weighted by atomic mass is 35.5. The summed E-state index contributed by atoms with van der Waals surface area (Å²) in [5, 5.41) is 10.6. The Morgan fingerprint density at radius 3 is 2.38 bits per heavy atom. The van der Waals surface area contributed by atoms with Crippen molar-refractivity contribution in [2.45, 2.75) is 12.5 Å². The van der Waals surface area contributed by atoms with Gasteiger partial charge in [0.05, 0.1) is 6.10 Å². The summed E-state index contributed by atoms with van der Waals surface area (Å²) in [7, 11) is 0. The summed E-state index contributed by atoms with van der Waals surface area (Å²) in [6.07, 6.45) is 1.41. The van der Waals surface area contributed by atoms with Gasteiger partial charge in [-0.25, -0.2) is 0 Å². The third-order valence-corrected chi connectivity index (χ3v) is 2.38. The Bertz CT molecular complexity index is 290. The van der Waals surface area contributed by atoms with Crippen molar-refractivity contribution in [3.63, 3.8) is 0 Å². The van der Waals surface area contributed by atoms with E-state index in [0.717, 1.165) is 0 Å². The van der Waals surface area contributed by atoms with Crippen LogP contribution in [0, 0.1) is 0 Å². The Morgan fingerprint density at radius 1 is 1.38 bits per heavy atom. The molecule has 1 unspecified atom stereocenters. The van der Waals surface area contributed by atoms with Gasteiger partial charge in [0.1, 0.15) is 0 Å². The van der Waals surface area contributed by atoms with Gasteiger partial charge in [-0.1, -0.05) is 35.3 Å². The van der Waals surface area contributed by atoms with E-state index in [1.54, 1.807) is 24.3 Å². The SMILES string of the molecule is C=CCC(O)c1c(Cl)cccc1Cl. The molecule has 1 N–H and O–H groups in total. The number of aliphatic hydroxyl groups is 1. The number of halogens is 2. The molecule has 0 saturated carbocycles. The third-order valence-electron chi connectivity index (χ3n) is 1.72. The largest absolute Gasteiger partial charge is 0.388 e. The van der Waals surface area contributed by atoms with Gasteiger partial charge in [0.15, 0.2) is 0 Å². The molecule has 0 amide bonds. The summed E-state index contributed by atoms with van der Waals surface area (Å²) in [6, 6.07) is 5.15. The second-order valence-electron chi connectivity index (χ2n) is 2.68. The molecule has 0 aliphatic heterocycles. The second-order valence-corrected chi connectivity index (χ2v) is 3.49. The maximum absolute atomic E-state index is 9.64. The summed E-state index contributed by atoms with van der Waals surface area (Å²) in [6.45, 7) is 3.54. The summed E-state index contributed by atoms with van der Waals surface area (Å²) >= 11 is 11.8. The first-order valence-corrected chi connectivity index (χ1v) is 4.65. The Morgan fingerprint density at radius 2 is 1.92 bits per heavy atom. The van der Waals surface area contributed by atoms with Crippen LogP contribution in [-0.4, -0.2) is 5.11 Å². The monoisotopic (exact) mass is 216 g/mol. The molecule has 13 heavy (non-hydrogen) atoms. The summed E-state index contributed by atoms with van der Waals surface area (Å²) in [5.74, 6) is 0. The van der Waals surface area contributed by atoms with Gasteiger partial charge >= 0.3 is 0 Å². The van der Waals surface area contributed by atoms with Crippen molar-refractivity contribution < 1.29 is 5.11 Å². The number of hydrogen-bond acceptors (Lipinski definition) is 1. The molecule has 1 nitrogen and oxygen atoms in total. The first-order chi connectivity index (χ1) is 6.16. The molecule has 0 bridgehead atoms. The third kappa shape index (κ3) is 2.47. The van der Waals surface area contributed by atoms with Crippen LogP contribution in [0.1, 0.15) is 18.1 Å². The van der Waals surface area contributed by atoms with Gasteiger partial charge in [0.2, 0.25) is 0 Å². The fourth-order valence-corrected chi connectivity index (χ4v) is 1.75. The van der Waals surface area contributed by atoms with E-state index in [2.05, 4.69) is 6.58 Å². The van der Waals surface area contributed by atoms with Crippen LogP contribution in [0.15, 0.2) is 30.9 Å². The lowest BCUT2D eigenvalue weighted by atomic mass is 10.1. The zero-order valence-corrected chi connectivity index (χ0v) is 8.52. The highest BCUT2D eigenvalue weighted by Crippen LogP contribution is 2.31. The van der Waals surface area contributed by atoms with Gasteiger partial charge < -0.3 is 5.11 Å². The normalized spacial score (nSPS) is 12.5. The number of rotatable bonds is 3. The molecule has 0 aliphatic carbocycles. The average Bonchev–Trinajstić information content (AvgIpc) is 2.04. The van der Waals surface area contributed by atoms with Crippen molar-refractivity contribution in [3.05, 3.63) is 46.5 Å². The molecule has 1 atom stereocenters. The zero-order valence-electron chi connectivity index (χ0n) is 7.00. The lowest BCUT2D eigenvalue weighted by Gasteiger charge is -2.11. The Kier molecular flexibility index (Phi) is 3.79. The van der Waals surface area contributed by atoms with Gasteiger partial charge in [-0.2, -0.15) is 0 Å². The molecular weight excluding hydrogens is 207 g/mol. The quantitative estimate of drug-likeness (QED) is 0.767. The Hall–Kier alpha value is -0.500. The van der Waals surface area contributed by atoms with Gasteiger partial charge in [0, 0.05) is 15.6 Å². The van der Waals surface area contributed by atoms with E-state index in [1.807, 2.05) is 0 Å². The molecule has 0 radical (unpaired) electrons. The van der Waals surface area contributed by atoms with E-state index in [1.165, 1.54) is 0 Å². The summed E-state index contributed by atoms with van der Waals surface area (Å²) < 4.78 is 0. The van der Waals surface area contributed by atoms with Gasteiger partial charge in [-0.3, -0.25) is 0 Å². The molecule has 3 heteroatoms. The minimum Gasteiger partial charge on any atom is -0.388 e. The van der Waals surface area contributed by atoms with Crippen LogP contribution in [-0.2, 0) is 0 Å². The highest BCUT2D eigenvalue weighted by molar-refractivity contribution is 6.36. The van der Waals surface area contributed by atoms with Gasteiger partial charge in [-0.15, -0.1) is 6.58 Å². The molecule has 1 aromatic rings. The maximum Gasteiger partial charge on any atom is 0.0853 e. The standard InChI is InChI=1S/C10H10Cl2O/c1-2-4-9(13)10-7(11)5-3-6-8(10)12/h2-3,5-6,9,13H,1,4H2. The minimum atomic E-state index is -0.668. The number of aliphatic hydroxyl groups excluding tert-OH is 1. The van der Waals surface area contributed by atoms with E-state index < -0.39 is 6.10 Å². The van der Waals surface area contributed by atoms with Crippen molar-refractivity contribution in [1.29, 1.82) is 0 Å². The molecule has 70 valence electrons. The molecule has 0 fully saturated rings. The molecule has 0 spiro atoms. The van der Waals surface area contributed by atoms with Crippen LogP contribution in [0.3, 0.4) is 0 Å². The van der Waals surface area contributed by atoms with Gasteiger partial charge in [0.25, 0.3) is 0 Å². The molecule has 1 aromatic carbocycles. The molecule has 0 heterocycles. The van der Waals surface area contributed by atoms with Crippen LogP contribution >= 0.6 is 23.2 Å². The predicted molar refractivity (Wildman–Crippen MR) is 56.2 cm³/mol. The fraction of sp³-hybridized carbons (Fsp3) is 0.200. The topological polar surface area (TPSA) is 20.2 Å². The van der Waals surface area contributed by atoms with Crippen molar-refractivity contribution in [2.75, 3.05) is 0 Å². The van der Waals surface area contributed by atoms with Crippen LogP contribution in [0.5, 0.6) is 0 Å². The van der Waals surface area contributed by atoms with E-state index in [4.69, 9.17) is 23.2 Å². The smallest absolute Gasteiger partial charge is 0.0853 e.